The van der Waals surface area contributed by atoms with Crippen LogP contribution in [-0.4, -0.2) is 57.8 Å². The Balaban J connectivity index is 1.45. The van der Waals surface area contributed by atoms with Crippen LogP contribution in [0.4, 0.5) is 11.5 Å². The van der Waals surface area contributed by atoms with Gasteiger partial charge in [0.25, 0.3) is 5.78 Å². The van der Waals surface area contributed by atoms with E-state index in [-0.39, 0.29) is 18.1 Å². The Labute approximate surface area is 187 Å². The molecule has 9 heteroatoms. The molecule has 1 N–H and O–H groups in total. The number of amides is 1. The number of unbranched alkanes of at least 4 members (excludes halogenated alkanes) is 1. The van der Waals surface area contributed by atoms with Gasteiger partial charge in [0.15, 0.2) is 0 Å². The van der Waals surface area contributed by atoms with Gasteiger partial charge < -0.3 is 15.1 Å². The highest BCUT2D eigenvalue weighted by molar-refractivity contribution is 5.75. The lowest BCUT2D eigenvalue weighted by Crippen LogP contribution is -2.47. The van der Waals surface area contributed by atoms with E-state index in [2.05, 4.69) is 64.2 Å². The van der Waals surface area contributed by atoms with Crippen molar-refractivity contribution in [2.45, 2.75) is 40.2 Å². The number of aryl methyl sites for hydroxylation is 1. The molecule has 1 aliphatic rings. The summed E-state index contributed by atoms with van der Waals surface area (Å²) >= 11 is 0. The summed E-state index contributed by atoms with van der Waals surface area (Å²) in [5.41, 5.74) is 3.56. The highest BCUT2D eigenvalue weighted by Crippen LogP contribution is 2.25. The topological polar surface area (TPSA) is 87.8 Å². The van der Waals surface area contributed by atoms with Gasteiger partial charge >= 0.3 is 5.69 Å². The fourth-order valence-corrected chi connectivity index (χ4v) is 4.03. The standard InChI is InChI=1S/C23H31N7O2/c1-4-5-10-24-21(31)16-30-23(32)29-11-9-20(25-22(29)26-30)28-14-12-27(13-15-28)19-8-6-7-17(2)18(19)3/h6-9,11H,4-5,10,12-16H2,1-3H3,(H,24,31). The Bertz CT molecular complexity index is 1160. The number of aromatic nitrogens is 4. The molecule has 1 amide bonds. The van der Waals surface area contributed by atoms with Crippen LogP contribution in [0.5, 0.6) is 0 Å². The molecular formula is C23H31N7O2. The molecule has 0 saturated carbocycles. The number of hydrogen-bond acceptors (Lipinski definition) is 6. The number of benzene rings is 1. The van der Waals surface area contributed by atoms with Crippen molar-refractivity contribution in [2.75, 3.05) is 42.5 Å². The molecule has 1 aliphatic heterocycles. The highest BCUT2D eigenvalue weighted by atomic mass is 16.2. The SMILES string of the molecule is CCCCNC(=O)Cn1nc2nc(N3CCN(c4cccc(C)c4C)CC3)ccn2c1=O. The van der Waals surface area contributed by atoms with Crippen molar-refractivity contribution < 1.29 is 4.79 Å². The minimum absolute atomic E-state index is 0.101. The Morgan fingerprint density at radius 2 is 1.84 bits per heavy atom. The summed E-state index contributed by atoms with van der Waals surface area (Å²) in [7, 11) is 0. The maximum Gasteiger partial charge on any atom is 0.352 e. The molecule has 0 spiro atoms. The molecule has 0 aliphatic carbocycles. The van der Waals surface area contributed by atoms with E-state index in [1.54, 1.807) is 6.20 Å². The molecule has 0 unspecified atom stereocenters. The van der Waals surface area contributed by atoms with Crippen molar-refractivity contribution in [1.29, 1.82) is 0 Å². The number of carbonyl (C=O) groups excluding carboxylic acids is 1. The van der Waals surface area contributed by atoms with E-state index in [1.807, 2.05) is 6.07 Å². The lowest BCUT2D eigenvalue weighted by atomic mass is 10.1. The molecule has 32 heavy (non-hydrogen) atoms. The van der Waals surface area contributed by atoms with Gasteiger partial charge in [-0.1, -0.05) is 25.5 Å². The predicted octanol–water partition coefficient (Wildman–Crippen LogP) is 1.75. The highest BCUT2D eigenvalue weighted by Gasteiger charge is 2.21. The van der Waals surface area contributed by atoms with Crippen molar-refractivity contribution in [3.8, 4) is 0 Å². The number of nitrogens with zero attached hydrogens (tertiary/aromatic N) is 6. The van der Waals surface area contributed by atoms with Crippen LogP contribution < -0.4 is 20.8 Å². The average Bonchev–Trinajstić information content (AvgIpc) is 3.10. The summed E-state index contributed by atoms with van der Waals surface area (Å²) in [5, 5.41) is 7.09. The third-order valence-electron chi connectivity index (χ3n) is 6.11. The normalized spacial score (nSPS) is 14.2. The molecular weight excluding hydrogens is 406 g/mol. The number of carbonyl (C=O) groups is 1. The first-order chi connectivity index (χ1) is 15.5. The van der Waals surface area contributed by atoms with Crippen LogP contribution in [0.2, 0.25) is 0 Å². The van der Waals surface area contributed by atoms with E-state index in [1.165, 1.54) is 25.9 Å². The van der Waals surface area contributed by atoms with Gasteiger partial charge in [0.05, 0.1) is 0 Å². The summed E-state index contributed by atoms with van der Waals surface area (Å²) in [6, 6.07) is 8.27. The van der Waals surface area contributed by atoms with Crippen LogP contribution >= 0.6 is 0 Å². The Morgan fingerprint density at radius 1 is 1.09 bits per heavy atom. The maximum absolute atomic E-state index is 12.6. The molecule has 0 bridgehead atoms. The smallest absolute Gasteiger partial charge is 0.352 e. The maximum atomic E-state index is 12.6. The van der Waals surface area contributed by atoms with Crippen LogP contribution in [0.3, 0.4) is 0 Å². The van der Waals surface area contributed by atoms with E-state index < -0.39 is 0 Å². The van der Waals surface area contributed by atoms with E-state index in [4.69, 9.17) is 0 Å². The quantitative estimate of drug-likeness (QED) is 0.567. The van der Waals surface area contributed by atoms with Crippen molar-refractivity contribution >= 4 is 23.2 Å². The summed E-state index contributed by atoms with van der Waals surface area (Å²) in [6.07, 6.45) is 3.60. The lowest BCUT2D eigenvalue weighted by molar-refractivity contribution is -0.121. The number of fused-ring (bicyclic) bond motifs is 1. The first kappa shape index (κ1) is 21.9. The Kier molecular flexibility index (Phi) is 6.43. The van der Waals surface area contributed by atoms with Gasteiger partial charge in [-0.25, -0.2) is 13.9 Å². The van der Waals surface area contributed by atoms with Gasteiger partial charge in [-0.3, -0.25) is 4.79 Å². The second-order valence-electron chi connectivity index (χ2n) is 8.29. The van der Waals surface area contributed by atoms with Gasteiger partial charge in [0.1, 0.15) is 12.4 Å². The number of anilines is 2. The lowest BCUT2D eigenvalue weighted by Gasteiger charge is -2.37. The fraction of sp³-hybridized carbons (Fsp3) is 0.478. The van der Waals surface area contributed by atoms with Crippen LogP contribution in [0.1, 0.15) is 30.9 Å². The van der Waals surface area contributed by atoms with E-state index in [0.29, 0.717) is 12.3 Å². The minimum Gasteiger partial charge on any atom is -0.368 e. The zero-order valence-electron chi connectivity index (χ0n) is 19.0. The predicted molar refractivity (Wildman–Crippen MR) is 126 cm³/mol. The summed E-state index contributed by atoms with van der Waals surface area (Å²) in [6.45, 7) is 10.3. The average molecular weight is 438 g/mol. The first-order valence-electron chi connectivity index (χ1n) is 11.3. The van der Waals surface area contributed by atoms with Crippen molar-refractivity contribution in [3.05, 3.63) is 52.1 Å². The molecule has 1 fully saturated rings. The number of nitrogens with one attached hydrogen (secondary N) is 1. The second kappa shape index (κ2) is 9.42. The molecule has 1 saturated heterocycles. The van der Waals surface area contributed by atoms with Gasteiger partial charge in [-0.05, 0) is 43.5 Å². The third kappa shape index (κ3) is 4.46. The fourth-order valence-electron chi connectivity index (χ4n) is 4.03. The summed E-state index contributed by atoms with van der Waals surface area (Å²) in [4.78, 5) is 33.9. The summed E-state index contributed by atoms with van der Waals surface area (Å²) < 4.78 is 2.56. The molecule has 3 heterocycles. The number of piperazine rings is 1. The zero-order chi connectivity index (χ0) is 22.7. The van der Waals surface area contributed by atoms with Crippen LogP contribution in [0, 0.1) is 13.8 Å². The van der Waals surface area contributed by atoms with Gasteiger partial charge in [-0.15, -0.1) is 5.10 Å². The molecule has 170 valence electrons. The van der Waals surface area contributed by atoms with Crippen molar-refractivity contribution in [2.24, 2.45) is 0 Å². The monoisotopic (exact) mass is 437 g/mol. The molecule has 4 rings (SSSR count). The van der Waals surface area contributed by atoms with Crippen LogP contribution in [0.15, 0.2) is 35.3 Å². The number of hydrogen-bond donors (Lipinski definition) is 1. The molecule has 0 atom stereocenters. The van der Waals surface area contributed by atoms with E-state index >= 15 is 0 Å². The Hall–Kier alpha value is -3.36. The summed E-state index contributed by atoms with van der Waals surface area (Å²) in [5.74, 6) is 0.889. The first-order valence-corrected chi connectivity index (χ1v) is 11.3. The van der Waals surface area contributed by atoms with Crippen LogP contribution in [-0.2, 0) is 11.3 Å². The number of rotatable bonds is 7. The molecule has 3 aromatic rings. The van der Waals surface area contributed by atoms with Crippen LogP contribution in [0.25, 0.3) is 5.78 Å². The van der Waals surface area contributed by atoms with Gasteiger partial charge in [-0.2, -0.15) is 4.98 Å². The zero-order valence-corrected chi connectivity index (χ0v) is 19.0. The molecule has 0 radical (unpaired) electrons. The van der Waals surface area contributed by atoms with Crippen molar-refractivity contribution in [1.82, 2.24) is 24.5 Å². The van der Waals surface area contributed by atoms with E-state index in [0.717, 1.165) is 44.8 Å². The molecule has 1 aromatic carbocycles. The second-order valence-corrected chi connectivity index (χ2v) is 8.29. The minimum atomic E-state index is -0.357. The molecule has 2 aromatic heterocycles. The van der Waals surface area contributed by atoms with Gasteiger partial charge in [0.2, 0.25) is 5.91 Å². The third-order valence-corrected chi connectivity index (χ3v) is 6.11. The van der Waals surface area contributed by atoms with Crippen molar-refractivity contribution in [3.63, 3.8) is 0 Å². The van der Waals surface area contributed by atoms with E-state index in [9.17, 15) is 9.59 Å². The van der Waals surface area contributed by atoms with Gasteiger partial charge in [0, 0.05) is 44.6 Å². The Morgan fingerprint density at radius 3 is 2.59 bits per heavy atom. The molecule has 9 nitrogen and oxygen atoms in total. The largest absolute Gasteiger partial charge is 0.368 e.